The average molecular weight is 296 g/mol. The van der Waals surface area contributed by atoms with E-state index >= 15 is 0 Å². The third kappa shape index (κ3) is 2.94. The first-order chi connectivity index (χ1) is 9.31. The van der Waals surface area contributed by atoms with Crippen LogP contribution in [0.3, 0.4) is 0 Å². The number of aryl methyl sites for hydroxylation is 1. The van der Waals surface area contributed by atoms with Gasteiger partial charge in [-0.2, -0.15) is 5.10 Å². The SMILES string of the molecule is CC(c1nc(NN)cc(-c2cnn(C)c2)n1)S(C)(=O)=O. The van der Waals surface area contributed by atoms with Crippen molar-refractivity contribution in [3.8, 4) is 11.3 Å². The molecule has 0 bridgehead atoms. The molecule has 2 heterocycles. The van der Waals surface area contributed by atoms with Gasteiger partial charge >= 0.3 is 0 Å². The maximum atomic E-state index is 11.6. The number of sulfone groups is 1. The predicted molar refractivity (Wildman–Crippen MR) is 75.3 cm³/mol. The Morgan fingerprint density at radius 3 is 2.60 bits per heavy atom. The van der Waals surface area contributed by atoms with E-state index in [1.54, 1.807) is 30.2 Å². The average Bonchev–Trinajstić information content (AvgIpc) is 2.83. The van der Waals surface area contributed by atoms with Crippen molar-refractivity contribution in [2.24, 2.45) is 12.9 Å². The molecule has 2 aromatic heterocycles. The molecule has 0 aliphatic rings. The molecule has 8 nitrogen and oxygen atoms in total. The molecule has 0 saturated heterocycles. The zero-order valence-corrected chi connectivity index (χ0v) is 12.2. The lowest BCUT2D eigenvalue weighted by Crippen LogP contribution is -2.15. The van der Waals surface area contributed by atoms with Crippen LogP contribution in [0, 0.1) is 0 Å². The zero-order valence-electron chi connectivity index (χ0n) is 11.4. The number of hydrogen-bond donors (Lipinski definition) is 2. The van der Waals surface area contributed by atoms with Gasteiger partial charge in [0.25, 0.3) is 0 Å². The molecule has 0 radical (unpaired) electrons. The van der Waals surface area contributed by atoms with Gasteiger partial charge in [-0.25, -0.2) is 24.2 Å². The monoisotopic (exact) mass is 296 g/mol. The van der Waals surface area contributed by atoms with E-state index < -0.39 is 15.1 Å². The standard InChI is InChI=1S/C11H16N6O2S/c1-7(20(3,18)19)11-14-9(4-10(15-11)16-12)8-5-13-17(2)6-8/h4-7H,12H2,1-3H3,(H,14,15,16). The van der Waals surface area contributed by atoms with Gasteiger partial charge in [-0.1, -0.05) is 0 Å². The van der Waals surface area contributed by atoms with Crippen LogP contribution in [-0.2, 0) is 16.9 Å². The van der Waals surface area contributed by atoms with Crippen molar-refractivity contribution in [2.45, 2.75) is 12.2 Å². The van der Waals surface area contributed by atoms with Crippen molar-refractivity contribution in [2.75, 3.05) is 11.7 Å². The maximum Gasteiger partial charge on any atom is 0.157 e. The quantitative estimate of drug-likeness (QED) is 0.614. The fraction of sp³-hybridized carbons (Fsp3) is 0.364. The Hall–Kier alpha value is -2.00. The minimum absolute atomic E-state index is 0.196. The molecular weight excluding hydrogens is 280 g/mol. The van der Waals surface area contributed by atoms with Gasteiger partial charge in [0.15, 0.2) is 9.84 Å². The van der Waals surface area contributed by atoms with E-state index in [9.17, 15) is 8.42 Å². The van der Waals surface area contributed by atoms with Gasteiger partial charge in [-0.15, -0.1) is 0 Å². The Morgan fingerprint density at radius 1 is 1.40 bits per heavy atom. The molecule has 0 amide bonds. The van der Waals surface area contributed by atoms with Crippen LogP contribution in [0.5, 0.6) is 0 Å². The van der Waals surface area contributed by atoms with Crippen molar-refractivity contribution >= 4 is 15.7 Å². The van der Waals surface area contributed by atoms with Gasteiger partial charge in [-0.05, 0) is 6.92 Å². The Kier molecular flexibility index (Phi) is 3.73. The number of rotatable bonds is 4. The van der Waals surface area contributed by atoms with E-state index in [0.717, 1.165) is 11.8 Å². The van der Waals surface area contributed by atoms with Crippen molar-refractivity contribution < 1.29 is 8.42 Å². The molecule has 1 atom stereocenters. The number of nitrogens with zero attached hydrogens (tertiary/aromatic N) is 4. The molecule has 3 N–H and O–H groups in total. The molecule has 0 aliphatic carbocycles. The highest BCUT2D eigenvalue weighted by Gasteiger charge is 2.22. The van der Waals surface area contributed by atoms with Crippen LogP contribution in [0.15, 0.2) is 18.5 Å². The van der Waals surface area contributed by atoms with Gasteiger partial charge in [0.2, 0.25) is 0 Å². The lowest BCUT2D eigenvalue weighted by atomic mass is 10.2. The van der Waals surface area contributed by atoms with E-state index in [2.05, 4.69) is 20.5 Å². The number of nitrogens with two attached hydrogens (primary N) is 1. The number of nitrogens with one attached hydrogen (secondary N) is 1. The van der Waals surface area contributed by atoms with Crippen LogP contribution in [0.1, 0.15) is 18.0 Å². The van der Waals surface area contributed by atoms with E-state index in [-0.39, 0.29) is 5.82 Å². The van der Waals surface area contributed by atoms with E-state index in [4.69, 9.17) is 5.84 Å². The minimum Gasteiger partial charge on any atom is -0.308 e. The second-order valence-corrected chi connectivity index (χ2v) is 6.88. The van der Waals surface area contributed by atoms with Gasteiger partial charge in [0, 0.05) is 31.1 Å². The smallest absolute Gasteiger partial charge is 0.157 e. The van der Waals surface area contributed by atoms with Crippen LogP contribution in [-0.4, -0.2) is 34.4 Å². The highest BCUT2D eigenvalue weighted by molar-refractivity contribution is 7.90. The molecule has 0 saturated carbocycles. The molecule has 0 aliphatic heterocycles. The van der Waals surface area contributed by atoms with Crippen LogP contribution < -0.4 is 11.3 Å². The number of nitrogen functional groups attached to an aromatic ring is 1. The summed E-state index contributed by atoms with van der Waals surface area (Å²) in [5.74, 6) is 5.92. The molecule has 0 aromatic carbocycles. The second-order valence-electron chi connectivity index (χ2n) is 4.52. The fourth-order valence-corrected chi connectivity index (χ4v) is 2.10. The Labute approximate surface area is 116 Å². The van der Waals surface area contributed by atoms with Crippen LogP contribution in [0.25, 0.3) is 11.3 Å². The minimum atomic E-state index is -3.29. The molecule has 2 aromatic rings. The van der Waals surface area contributed by atoms with Gasteiger partial charge in [0.1, 0.15) is 16.9 Å². The lowest BCUT2D eigenvalue weighted by Gasteiger charge is -2.11. The Balaban J connectivity index is 2.55. The highest BCUT2D eigenvalue weighted by Crippen LogP contribution is 2.24. The molecule has 20 heavy (non-hydrogen) atoms. The zero-order chi connectivity index (χ0) is 14.9. The summed E-state index contributed by atoms with van der Waals surface area (Å²) in [4.78, 5) is 8.39. The molecule has 1 unspecified atom stereocenters. The maximum absolute atomic E-state index is 11.6. The van der Waals surface area contributed by atoms with Gasteiger partial charge < -0.3 is 5.43 Å². The summed E-state index contributed by atoms with van der Waals surface area (Å²) in [7, 11) is -1.50. The second kappa shape index (κ2) is 5.17. The Morgan fingerprint density at radius 2 is 2.10 bits per heavy atom. The number of aromatic nitrogens is 4. The van der Waals surface area contributed by atoms with Crippen molar-refractivity contribution in [1.82, 2.24) is 19.7 Å². The third-order valence-corrected chi connectivity index (χ3v) is 4.39. The van der Waals surface area contributed by atoms with Crippen LogP contribution in [0.2, 0.25) is 0 Å². The van der Waals surface area contributed by atoms with Crippen LogP contribution in [0.4, 0.5) is 5.82 Å². The fourth-order valence-electron chi connectivity index (χ4n) is 1.61. The molecule has 2 rings (SSSR count). The van der Waals surface area contributed by atoms with E-state index in [1.807, 2.05) is 0 Å². The normalized spacial score (nSPS) is 13.2. The molecule has 0 fully saturated rings. The van der Waals surface area contributed by atoms with E-state index in [1.165, 1.54) is 6.92 Å². The lowest BCUT2D eigenvalue weighted by molar-refractivity contribution is 0.589. The third-order valence-electron chi connectivity index (χ3n) is 2.90. The Bertz CT molecular complexity index is 724. The highest BCUT2D eigenvalue weighted by atomic mass is 32.2. The first-order valence-corrected chi connectivity index (χ1v) is 7.80. The first-order valence-electron chi connectivity index (χ1n) is 5.84. The summed E-state index contributed by atoms with van der Waals surface area (Å²) in [6, 6.07) is 1.63. The number of hydrogen-bond acceptors (Lipinski definition) is 7. The molecular formula is C11H16N6O2S. The number of hydrazine groups is 1. The summed E-state index contributed by atoms with van der Waals surface area (Å²) in [6.45, 7) is 1.54. The molecule has 0 spiro atoms. The van der Waals surface area contributed by atoms with Gasteiger partial charge in [-0.3, -0.25) is 4.68 Å². The summed E-state index contributed by atoms with van der Waals surface area (Å²) in [5.41, 5.74) is 3.74. The van der Waals surface area contributed by atoms with Gasteiger partial charge in [0.05, 0.1) is 11.9 Å². The summed E-state index contributed by atoms with van der Waals surface area (Å²) in [6.07, 6.45) is 4.56. The van der Waals surface area contributed by atoms with Crippen LogP contribution >= 0.6 is 0 Å². The van der Waals surface area contributed by atoms with Crippen molar-refractivity contribution in [1.29, 1.82) is 0 Å². The topological polar surface area (TPSA) is 116 Å². The largest absolute Gasteiger partial charge is 0.308 e. The predicted octanol–water partition coefficient (Wildman–Crippen LogP) is 0.268. The summed E-state index contributed by atoms with van der Waals surface area (Å²) < 4.78 is 24.9. The summed E-state index contributed by atoms with van der Waals surface area (Å²) >= 11 is 0. The van der Waals surface area contributed by atoms with Crippen molar-refractivity contribution in [3.63, 3.8) is 0 Å². The number of anilines is 1. The van der Waals surface area contributed by atoms with E-state index in [0.29, 0.717) is 11.5 Å². The molecule has 9 heteroatoms. The molecule has 108 valence electrons. The first kappa shape index (κ1) is 14.4. The van der Waals surface area contributed by atoms with Crippen molar-refractivity contribution in [3.05, 3.63) is 24.3 Å². The summed E-state index contributed by atoms with van der Waals surface area (Å²) in [5, 5.41) is 3.24.